The molecule has 0 unspecified atom stereocenters. The van der Waals surface area contributed by atoms with Crippen LogP contribution in [0.2, 0.25) is 0 Å². The highest BCUT2D eigenvalue weighted by atomic mass is 17.3. The van der Waals surface area contributed by atoms with Crippen molar-refractivity contribution in [2.24, 2.45) is 0 Å². The van der Waals surface area contributed by atoms with Crippen molar-refractivity contribution in [2.75, 3.05) is 21.1 Å². The van der Waals surface area contributed by atoms with Crippen LogP contribution in [0.1, 0.15) is 0 Å². The lowest BCUT2D eigenvalue weighted by Gasteiger charge is -2.31. The Labute approximate surface area is 52.8 Å². The van der Waals surface area contributed by atoms with Gasteiger partial charge in [-0.05, 0) is 15.7 Å². The third-order valence-corrected chi connectivity index (χ3v) is 0.690. The number of rotatable bonds is 0. The van der Waals surface area contributed by atoms with Crippen LogP contribution < -0.4 is 0 Å². The second kappa shape index (κ2) is 2.56. The molecule has 0 saturated carbocycles. The quantitative estimate of drug-likeness (QED) is 0.438. The van der Waals surface area contributed by atoms with Crippen molar-refractivity contribution in [3.05, 3.63) is 0 Å². The highest BCUT2D eigenvalue weighted by Crippen LogP contribution is 2.04. The van der Waals surface area contributed by atoms with E-state index in [4.69, 9.17) is 14.8 Å². The molecule has 0 aromatic rings. The molecular formula is C3H9N3O3. The van der Waals surface area contributed by atoms with Crippen LogP contribution >= 0.6 is 0 Å². The first-order valence-corrected chi connectivity index (χ1v) is 2.44. The van der Waals surface area contributed by atoms with Crippen LogP contribution in [0, 0.1) is 0 Å². The summed E-state index contributed by atoms with van der Waals surface area (Å²) in [5.41, 5.74) is 0. The standard InChI is InChI=1S/C3H9N3O3/c1-4-7-5(2)9-6(3)8-4/h1-3H3. The Bertz CT molecular complexity index is 75.3. The summed E-state index contributed by atoms with van der Waals surface area (Å²) in [6.45, 7) is 0. The van der Waals surface area contributed by atoms with E-state index in [1.54, 1.807) is 21.1 Å². The Kier molecular flexibility index (Phi) is 1.96. The smallest absolute Gasteiger partial charge is 0.0445 e. The molecule has 0 aromatic heterocycles. The molecule has 54 valence electrons. The lowest BCUT2D eigenvalue weighted by molar-refractivity contribution is -0.695. The zero-order valence-corrected chi connectivity index (χ0v) is 5.57. The number of hydroxylamine groups is 6. The largest absolute Gasteiger partial charge is 0.154 e. The summed E-state index contributed by atoms with van der Waals surface area (Å²) >= 11 is 0. The summed E-state index contributed by atoms with van der Waals surface area (Å²) in [5, 5.41) is 3.47. The normalized spacial score (nSPS) is 27.0. The number of nitrogens with zero attached hydrogens (tertiary/aromatic N) is 3. The van der Waals surface area contributed by atoms with Gasteiger partial charge in [-0.25, -0.2) is 0 Å². The predicted octanol–water partition coefficient (Wildman–Crippen LogP) is -0.665. The average molecular weight is 135 g/mol. The second-order valence-corrected chi connectivity index (χ2v) is 1.56. The maximum Gasteiger partial charge on any atom is 0.0445 e. The van der Waals surface area contributed by atoms with Gasteiger partial charge >= 0.3 is 0 Å². The Morgan fingerprint density at radius 3 is 1.11 bits per heavy atom. The van der Waals surface area contributed by atoms with Crippen LogP contribution in [0.25, 0.3) is 0 Å². The van der Waals surface area contributed by atoms with E-state index in [0.717, 1.165) is 15.7 Å². The fourth-order valence-electron chi connectivity index (χ4n) is 0.530. The van der Waals surface area contributed by atoms with E-state index in [9.17, 15) is 0 Å². The van der Waals surface area contributed by atoms with Crippen LogP contribution in [0.4, 0.5) is 0 Å². The van der Waals surface area contributed by atoms with Crippen LogP contribution in [0.5, 0.6) is 0 Å². The number of hydrogen-bond donors (Lipinski definition) is 0. The Morgan fingerprint density at radius 1 is 0.667 bits per heavy atom. The summed E-state index contributed by atoms with van der Waals surface area (Å²) in [4.78, 5) is 14.2. The monoisotopic (exact) mass is 135 g/mol. The molecule has 6 heteroatoms. The van der Waals surface area contributed by atoms with Crippen LogP contribution in [-0.2, 0) is 14.8 Å². The molecule has 1 rings (SSSR count). The molecule has 0 aromatic carbocycles. The highest BCUT2D eigenvalue weighted by molar-refractivity contribution is 4.01. The molecule has 0 radical (unpaired) electrons. The minimum atomic E-state index is 1.16. The number of hydrogen-bond acceptors (Lipinski definition) is 6. The molecule has 1 aliphatic heterocycles. The second-order valence-electron chi connectivity index (χ2n) is 1.56. The Balaban J connectivity index is 2.34. The fraction of sp³-hybridized carbons (Fsp3) is 1.00. The van der Waals surface area contributed by atoms with E-state index >= 15 is 0 Å². The van der Waals surface area contributed by atoms with Gasteiger partial charge in [-0.2, -0.15) is 14.8 Å². The van der Waals surface area contributed by atoms with Crippen molar-refractivity contribution in [2.45, 2.75) is 0 Å². The molecule has 0 amide bonds. The summed E-state index contributed by atoms with van der Waals surface area (Å²) in [5.74, 6) is 0. The minimum absolute atomic E-state index is 1.16. The molecular weight excluding hydrogens is 126 g/mol. The topological polar surface area (TPSA) is 37.4 Å². The molecule has 0 N–H and O–H groups in total. The third kappa shape index (κ3) is 1.86. The van der Waals surface area contributed by atoms with Gasteiger partial charge < -0.3 is 0 Å². The third-order valence-electron chi connectivity index (χ3n) is 0.690. The van der Waals surface area contributed by atoms with Gasteiger partial charge in [-0.3, -0.25) is 0 Å². The molecule has 1 fully saturated rings. The van der Waals surface area contributed by atoms with Crippen molar-refractivity contribution in [3.8, 4) is 0 Å². The molecule has 6 nitrogen and oxygen atoms in total. The molecule has 9 heavy (non-hydrogen) atoms. The van der Waals surface area contributed by atoms with Crippen molar-refractivity contribution in [1.29, 1.82) is 0 Å². The molecule has 0 atom stereocenters. The van der Waals surface area contributed by atoms with Gasteiger partial charge in [0.1, 0.15) is 0 Å². The van der Waals surface area contributed by atoms with Gasteiger partial charge in [0.25, 0.3) is 0 Å². The molecule has 1 aliphatic rings. The van der Waals surface area contributed by atoms with Crippen LogP contribution in [0.15, 0.2) is 0 Å². The first kappa shape index (κ1) is 6.87. The van der Waals surface area contributed by atoms with Gasteiger partial charge in [-0.1, -0.05) is 0 Å². The maximum atomic E-state index is 4.74. The zero-order valence-electron chi connectivity index (χ0n) is 5.57. The highest BCUT2D eigenvalue weighted by Gasteiger charge is 2.17. The first-order chi connectivity index (χ1) is 4.18. The van der Waals surface area contributed by atoms with Crippen molar-refractivity contribution >= 4 is 0 Å². The van der Waals surface area contributed by atoms with Gasteiger partial charge in [-0.15, -0.1) is 0 Å². The summed E-state index contributed by atoms with van der Waals surface area (Å²) in [6, 6.07) is 0. The van der Waals surface area contributed by atoms with Crippen LogP contribution in [-0.4, -0.2) is 36.8 Å². The van der Waals surface area contributed by atoms with Crippen LogP contribution in [0.3, 0.4) is 0 Å². The summed E-state index contributed by atoms with van der Waals surface area (Å²) in [6.07, 6.45) is 0. The van der Waals surface area contributed by atoms with E-state index < -0.39 is 0 Å². The molecule has 1 saturated heterocycles. The Hall–Kier alpha value is -0.240. The molecule has 0 spiro atoms. The summed E-state index contributed by atoms with van der Waals surface area (Å²) in [7, 11) is 4.82. The fourth-order valence-corrected chi connectivity index (χ4v) is 0.530. The Morgan fingerprint density at radius 2 is 0.889 bits per heavy atom. The van der Waals surface area contributed by atoms with Crippen molar-refractivity contribution in [3.63, 3.8) is 0 Å². The van der Waals surface area contributed by atoms with E-state index in [1.807, 2.05) is 0 Å². The maximum absolute atomic E-state index is 4.74. The average Bonchev–Trinajstić information content (AvgIpc) is 1.59. The van der Waals surface area contributed by atoms with Gasteiger partial charge in [0.15, 0.2) is 0 Å². The molecule has 0 aliphatic carbocycles. The zero-order chi connectivity index (χ0) is 6.85. The lowest BCUT2D eigenvalue weighted by atomic mass is 11.4. The van der Waals surface area contributed by atoms with Gasteiger partial charge in [0, 0.05) is 21.1 Å². The minimum Gasteiger partial charge on any atom is -0.154 e. The molecule has 0 bridgehead atoms. The van der Waals surface area contributed by atoms with Gasteiger partial charge in [0.05, 0.1) is 0 Å². The SMILES string of the molecule is CN1ON(C)ON(C)O1. The van der Waals surface area contributed by atoms with Crippen molar-refractivity contribution < 1.29 is 14.8 Å². The first-order valence-electron chi connectivity index (χ1n) is 2.44. The van der Waals surface area contributed by atoms with Gasteiger partial charge in [0.2, 0.25) is 0 Å². The van der Waals surface area contributed by atoms with Crippen molar-refractivity contribution in [1.82, 2.24) is 15.7 Å². The van der Waals surface area contributed by atoms with E-state index in [2.05, 4.69) is 0 Å². The lowest BCUT2D eigenvalue weighted by Crippen LogP contribution is -2.45. The molecule has 1 heterocycles. The predicted molar refractivity (Wildman–Crippen MR) is 26.5 cm³/mol. The van der Waals surface area contributed by atoms with E-state index in [0.29, 0.717) is 0 Å². The van der Waals surface area contributed by atoms with E-state index in [-0.39, 0.29) is 0 Å². The summed E-state index contributed by atoms with van der Waals surface area (Å²) < 4.78 is 0. The van der Waals surface area contributed by atoms with E-state index in [1.165, 1.54) is 0 Å².